The Hall–Kier alpha value is -1.69. The SMILES string of the molecule is OC1CNCC1CNCc1ccn(-c2ccccc2)n1. The lowest BCUT2D eigenvalue weighted by molar-refractivity contribution is 0.146. The van der Waals surface area contributed by atoms with Crippen LogP contribution in [0.2, 0.25) is 0 Å². The highest BCUT2D eigenvalue weighted by Crippen LogP contribution is 2.09. The molecule has 5 heteroatoms. The molecule has 3 rings (SSSR count). The lowest BCUT2D eigenvalue weighted by Gasteiger charge is -2.13. The Kier molecular flexibility index (Phi) is 4.11. The number of para-hydroxylation sites is 1. The Balaban J connectivity index is 1.53. The van der Waals surface area contributed by atoms with Gasteiger partial charge in [-0.05, 0) is 18.2 Å². The molecule has 0 saturated carbocycles. The van der Waals surface area contributed by atoms with Crippen LogP contribution in [0.1, 0.15) is 5.69 Å². The lowest BCUT2D eigenvalue weighted by atomic mass is 10.1. The number of nitrogens with zero attached hydrogens (tertiary/aromatic N) is 2. The molecule has 0 bridgehead atoms. The number of hydrogen-bond acceptors (Lipinski definition) is 4. The molecular weight excluding hydrogens is 252 g/mol. The van der Waals surface area contributed by atoms with Gasteiger partial charge >= 0.3 is 0 Å². The third-order valence-electron chi connectivity index (χ3n) is 3.68. The highest BCUT2D eigenvalue weighted by atomic mass is 16.3. The van der Waals surface area contributed by atoms with Gasteiger partial charge in [0.15, 0.2) is 0 Å². The molecule has 5 nitrogen and oxygen atoms in total. The summed E-state index contributed by atoms with van der Waals surface area (Å²) in [7, 11) is 0. The number of nitrogens with one attached hydrogen (secondary N) is 2. The molecule has 2 heterocycles. The first-order chi connectivity index (χ1) is 9.83. The van der Waals surface area contributed by atoms with Crippen LogP contribution >= 0.6 is 0 Å². The fraction of sp³-hybridized carbons (Fsp3) is 0.400. The maximum Gasteiger partial charge on any atom is 0.0766 e. The predicted octanol–water partition coefficient (Wildman–Crippen LogP) is 0.542. The second-order valence-electron chi connectivity index (χ2n) is 5.20. The van der Waals surface area contributed by atoms with Gasteiger partial charge in [-0.3, -0.25) is 0 Å². The molecule has 0 radical (unpaired) electrons. The van der Waals surface area contributed by atoms with E-state index in [-0.39, 0.29) is 6.10 Å². The van der Waals surface area contributed by atoms with Gasteiger partial charge < -0.3 is 15.7 Å². The normalized spacial score (nSPS) is 22.2. The molecule has 1 aliphatic rings. The first-order valence-electron chi connectivity index (χ1n) is 7.02. The Bertz CT molecular complexity index is 540. The number of β-amino-alcohol motifs (C(OH)–C–C–N with tert-alkyl or cyclic N) is 1. The van der Waals surface area contributed by atoms with Crippen molar-refractivity contribution in [2.75, 3.05) is 19.6 Å². The van der Waals surface area contributed by atoms with Crippen LogP contribution in [0, 0.1) is 5.92 Å². The van der Waals surface area contributed by atoms with E-state index in [1.165, 1.54) is 0 Å². The van der Waals surface area contributed by atoms with Gasteiger partial charge in [0.2, 0.25) is 0 Å². The second-order valence-corrected chi connectivity index (χ2v) is 5.20. The van der Waals surface area contributed by atoms with Gasteiger partial charge in [0.25, 0.3) is 0 Å². The maximum atomic E-state index is 9.72. The molecule has 1 fully saturated rings. The average molecular weight is 272 g/mol. The average Bonchev–Trinajstić information content (AvgIpc) is 3.10. The predicted molar refractivity (Wildman–Crippen MR) is 77.6 cm³/mol. The summed E-state index contributed by atoms with van der Waals surface area (Å²) in [4.78, 5) is 0. The van der Waals surface area contributed by atoms with E-state index in [1.54, 1.807) is 0 Å². The number of rotatable bonds is 5. The van der Waals surface area contributed by atoms with Gasteiger partial charge in [-0.25, -0.2) is 4.68 Å². The van der Waals surface area contributed by atoms with Crippen LogP contribution in [0.4, 0.5) is 0 Å². The van der Waals surface area contributed by atoms with E-state index in [4.69, 9.17) is 0 Å². The fourth-order valence-electron chi connectivity index (χ4n) is 2.49. The van der Waals surface area contributed by atoms with Gasteiger partial charge in [-0.2, -0.15) is 5.10 Å². The molecule has 1 aromatic heterocycles. The monoisotopic (exact) mass is 272 g/mol. The first-order valence-corrected chi connectivity index (χ1v) is 7.02. The number of benzene rings is 1. The van der Waals surface area contributed by atoms with E-state index >= 15 is 0 Å². The van der Waals surface area contributed by atoms with Gasteiger partial charge in [0.05, 0.1) is 17.5 Å². The summed E-state index contributed by atoms with van der Waals surface area (Å²) < 4.78 is 1.88. The number of aliphatic hydroxyl groups excluding tert-OH is 1. The van der Waals surface area contributed by atoms with Crippen LogP contribution in [0.15, 0.2) is 42.6 Å². The first kappa shape index (κ1) is 13.3. The lowest BCUT2D eigenvalue weighted by Crippen LogP contribution is -2.30. The summed E-state index contributed by atoms with van der Waals surface area (Å²) in [5.41, 5.74) is 2.07. The van der Waals surface area contributed by atoms with E-state index in [9.17, 15) is 5.11 Å². The topological polar surface area (TPSA) is 62.1 Å². The minimum Gasteiger partial charge on any atom is -0.391 e. The summed E-state index contributed by atoms with van der Waals surface area (Å²) in [5.74, 6) is 0.297. The Labute approximate surface area is 118 Å². The number of aliphatic hydroxyl groups is 1. The minimum absolute atomic E-state index is 0.232. The van der Waals surface area contributed by atoms with Crippen LogP contribution in [0.3, 0.4) is 0 Å². The number of hydrogen-bond donors (Lipinski definition) is 3. The zero-order valence-corrected chi connectivity index (χ0v) is 11.4. The molecule has 1 aliphatic heterocycles. The van der Waals surface area contributed by atoms with Crippen molar-refractivity contribution in [3.63, 3.8) is 0 Å². The fourth-order valence-corrected chi connectivity index (χ4v) is 2.49. The van der Waals surface area contributed by atoms with Gasteiger partial charge in [0.1, 0.15) is 0 Å². The van der Waals surface area contributed by atoms with Crippen molar-refractivity contribution in [3.8, 4) is 5.69 Å². The molecule has 0 amide bonds. The Morgan fingerprint density at radius 3 is 2.85 bits per heavy atom. The van der Waals surface area contributed by atoms with Crippen LogP contribution in [0.5, 0.6) is 0 Å². The van der Waals surface area contributed by atoms with E-state index in [0.717, 1.165) is 31.0 Å². The second kappa shape index (κ2) is 6.17. The molecule has 106 valence electrons. The van der Waals surface area contributed by atoms with Crippen molar-refractivity contribution in [2.24, 2.45) is 5.92 Å². The van der Waals surface area contributed by atoms with Crippen molar-refractivity contribution in [3.05, 3.63) is 48.3 Å². The van der Waals surface area contributed by atoms with Crippen molar-refractivity contribution in [1.82, 2.24) is 20.4 Å². The van der Waals surface area contributed by atoms with Crippen molar-refractivity contribution >= 4 is 0 Å². The quantitative estimate of drug-likeness (QED) is 0.743. The van der Waals surface area contributed by atoms with Crippen LogP contribution in [-0.4, -0.2) is 40.6 Å². The molecule has 3 N–H and O–H groups in total. The molecule has 1 saturated heterocycles. The van der Waals surface area contributed by atoms with Gasteiger partial charge in [-0.1, -0.05) is 18.2 Å². The van der Waals surface area contributed by atoms with Crippen molar-refractivity contribution in [2.45, 2.75) is 12.6 Å². The molecular formula is C15H20N4O. The van der Waals surface area contributed by atoms with Crippen LogP contribution in [0.25, 0.3) is 5.69 Å². The molecule has 2 atom stereocenters. The molecule has 20 heavy (non-hydrogen) atoms. The van der Waals surface area contributed by atoms with E-state index < -0.39 is 0 Å². The smallest absolute Gasteiger partial charge is 0.0766 e. The highest BCUT2D eigenvalue weighted by molar-refractivity contribution is 5.30. The molecule has 0 aliphatic carbocycles. The minimum atomic E-state index is -0.232. The van der Waals surface area contributed by atoms with Gasteiger partial charge in [0, 0.05) is 38.3 Å². The summed E-state index contributed by atoms with van der Waals surface area (Å²) in [6.45, 7) is 3.12. The Morgan fingerprint density at radius 1 is 1.25 bits per heavy atom. The zero-order chi connectivity index (χ0) is 13.8. The largest absolute Gasteiger partial charge is 0.391 e. The summed E-state index contributed by atoms with van der Waals surface area (Å²) in [6, 6.07) is 12.1. The molecule has 1 aromatic carbocycles. The van der Waals surface area contributed by atoms with Crippen LogP contribution < -0.4 is 10.6 Å². The van der Waals surface area contributed by atoms with E-state index in [2.05, 4.69) is 15.7 Å². The van der Waals surface area contributed by atoms with E-state index in [1.807, 2.05) is 47.3 Å². The number of aromatic nitrogens is 2. The molecule has 0 spiro atoms. The van der Waals surface area contributed by atoms with Crippen LogP contribution in [-0.2, 0) is 6.54 Å². The van der Waals surface area contributed by atoms with Crippen molar-refractivity contribution < 1.29 is 5.11 Å². The van der Waals surface area contributed by atoms with Crippen molar-refractivity contribution in [1.29, 1.82) is 0 Å². The summed E-state index contributed by atoms with van der Waals surface area (Å²) >= 11 is 0. The summed E-state index contributed by atoms with van der Waals surface area (Å²) in [6.07, 6.45) is 1.74. The van der Waals surface area contributed by atoms with Gasteiger partial charge in [-0.15, -0.1) is 0 Å². The Morgan fingerprint density at radius 2 is 2.10 bits per heavy atom. The third kappa shape index (κ3) is 3.07. The highest BCUT2D eigenvalue weighted by Gasteiger charge is 2.24. The molecule has 2 unspecified atom stereocenters. The molecule has 2 aromatic rings. The zero-order valence-electron chi connectivity index (χ0n) is 11.4. The maximum absolute atomic E-state index is 9.72. The third-order valence-corrected chi connectivity index (χ3v) is 3.68. The standard InChI is InChI=1S/C15H20N4O/c20-15-11-17-9-12(15)8-16-10-13-6-7-19(18-13)14-4-2-1-3-5-14/h1-7,12,15-17,20H,8-11H2. The van der Waals surface area contributed by atoms with E-state index in [0.29, 0.717) is 12.5 Å². The summed E-state index contributed by atoms with van der Waals surface area (Å²) in [5, 5.41) is 20.8.